The van der Waals surface area contributed by atoms with Gasteiger partial charge in [-0.1, -0.05) is 0 Å². The molecule has 1 aliphatic rings. The van der Waals surface area contributed by atoms with Crippen LogP contribution in [-0.4, -0.2) is 26.2 Å². The maximum absolute atomic E-state index is 14.0. The fourth-order valence-electron chi connectivity index (χ4n) is 2.81. The van der Waals surface area contributed by atoms with E-state index in [1.165, 1.54) is 6.07 Å². The minimum Gasteiger partial charge on any atom is -0.369 e. The summed E-state index contributed by atoms with van der Waals surface area (Å²) in [7, 11) is 3.93. The van der Waals surface area contributed by atoms with Crippen LogP contribution in [0.2, 0.25) is 0 Å². The van der Waals surface area contributed by atoms with Crippen LogP contribution in [0.3, 0.4) is 0 Å². The average molecular weight is 261 g/mol. The largest absolute Gasteiger partial charge is 0.369 e. The highest BCUT2D eigenvalue weighted by molar-refractivity contribution is 5.51. The van der Waals surface area contributed by atoms with Crippen molar-refractivity contribution in [3.8, 4) is 6.07 Å². The molecule has 0 atom stereocenters. The van der Waals surface area contributed by atoms with Gasteiger partial charge in [-0.2, -0.15) is 5.26 Å². The number of hydrogen-bond acceptors (Lipinski definition) is 3. The second-order valence-corrected chi connectivity index (χ2v) is 5.18. The molecule has 0 saturated heterocycles. The Morgan fingerprint density at radius 2 is 2.00 bits per heavy atom. The van der Waals surface area contributed by atoms with E-state index in [9.17, 15) is 4.39 Å². The molecular formula is C15H20FN3. The first-order valence-corrected chi connectivity index (χ1v) is 6.75. The summed E-state index contributed by atoms with van der Waals surface area (Å²) in [6.07, 6.45) is 4.40. The molecule has 0 unspecified atom stereocenters. The van der Waals surface area contributed by atoms with E-state index >= 15 is 0 Å². The van der Waals surface area contributed by atoms with Gasteiger partial charge in [-0.15, -0.1) is 0 Å². The Morgan fingerprint density at radius 1 is 1.32 bits per heavy atom. The Balaban J connectivity index is 2.08. The smallest absolute Gasteiger partial charge is 0.147 e. The van der Waals surface area contributed by atoms with Crippen molar-refractivity contribution >= 4 is 5.69 Å². The topological polar surface area (TPSA) is 39.1 Å². The summed E-state index contributed by atoms with van der Waals surface area (Å²) in [6.45, 7) is 0. The molecule has 0 aliphatic heterocycles. The number of anilines is 1. The highest BCUT2D eigenvalue weighted by atomic mass is 19.1. The van der Waals surface area contributed by atoms with Gasteiger partial charge in [0.25, 0.3) is 0 Å². The third-order valence-corrected chi connectivity index (χ3v) is 4.11. The first kappa shape index (κ1) is 13.8. The van der Waals surface area contributed by atoms with Crippen LogP contribution < -0.4 is 10.2 Å². The highest BCUT2D eigenvalue weighted by Gasteiger charge is 2.24. The van der Waals surface area contributed by atoms with Crippen LogP contribution in [0.1, 0.15) is 31.2 Å². The second kappa shape index (κ2) is 6.03. The molecule has 3 nitrogen and oxygen atoms in total. The number of nitrogens with one attached hydrogen (secondary N) is 1. The van der Waals surface area contributed by atoms with E-state index in [1.807, 2.05) is 25.1 Å². The lowest BCUT2D eigenvalue weighted by atomic mass is 9.90. The van der Waals surface area contributed by atoms with E-state index in [4.69, 9.17) is 5.26 Å². The van der Waals surface area contributed by atoms with E-state index in [0.717, 1.165) is 25.7 Å². The fourth-order valence-corrected chi connectivity index (χ4v) is 2.81. The summed E-state index contributed by atoms with van der Waals surface area (Å²) in [6, 6.07) is 7.63. The third kappa shape index (κ3) is 3.05. The van der Waals surface area contributed by atoms with Gasteiger partial charge in [0.2, 0.25) is 0 Å². The molecule has 1 aromatic carbocycles. The van der Waals surface area contributed by atoms with Gasteiger partial charge in [-0.3, -0.25) is 0 Å². The molecule has 0 aromatic heterocycles. The second-order valence-electron chi connectivity index (χ2n) is 5.18. The Hall–Kier alpha value is -1.60. The predicted octanol–water partition coefficient (Wildman–Crippen LogP) is 2.66. The normalized spacial score (nSPS) is 22.8. The molecule has 1 N–H and O–H groups in total. The minimum atomic E-state index is -0.308. The SMILES string of the molecule is CNC1CCC(N(C)c2ccc(C#N)cc2F)CC1. The first-order valence-electron chi connectivity index (χ1n) is 6.75. The summed E-state index contributed by atoms with van der Waals surface area (Å²) in [5.41, 5.74) is 0.959. The van der Waals surface area contributed by atoms with Gasteiger partial charge in [0, 0.05) is 19.1 Å². The average Bonchev–Trinajstić information content (AvgIpc) is 2.46. The summed E-state index contributed by atoms with van der Waals surface area (Å²) < 4.78 is 14.0. The van der Waals surface area contributed by atoms with Crippen molar-refractivity contribution in [3.63, 3.8) is 0 Å². The van der Waals surface area contributed by atoms with E-state index in [2.05, 4.69) is 5.32 Å². The van der Waals surface area contributed by atoms with E-state index in [1.54, 1.807) is 12.1 Å². The van der Waals surface area contributed by atoms with Crippen LogP contribution in [0.15, 0.2) is 18.2 Å². The van der Waals surface area contributed by atoms with Crippen molar-refractivity contribution in [2.45, 2.75) is 37.8 Å². The van der Waals surface area contributed by atoms with Crippen molar-refractivity contribution in [2.24, 2.45) is 0 Å². The maximum atomic E-state index is 14.0. The van der Waals surface area contributed by atoms with Gasteiger partial charge < -0.3 is 10.2 Å². The Bertz CT molecular complexity index is 473. The predicted molar refractivity (Wildman–Crippen MR) is 74.6 cm³/mol. The first-order chi connectivity index (χ1) is 9.15. The van der Waals surface area contributed by atoms with E-state index in [0.29, 0.717) is 23.3 Å². The van der Waals surface area contributed by atoms with Crippen LogP contribution in [0, 0.1) is 17.1 Å². The molecule has 0 bridgehead atoms. The summed E-state index contributed by atoms with van der Waals surface area (Å²) in [5.74, 6) is -0.308. The number of rotatable bonds is 3. The molecule has 0 spiro atoms. The molecule has 102 valence electrons. The molecule has 2 rings (SSSR count). The van der Waals surface area contributed by atoms with Crippen LogP contribution in [0.4, 0.5) is 10.1 Å². The lowest BCUT2D eigenvalue weighted by molar-refractivity contribution is 0.350. The van der Waals surface area contributed by atoms with Gasteiger partial charge >= 0.3 is 0 Å². The lowest BCUT2D eigenvalue weighted by Crippen LogP contribution is -2.40. The van der Waals surface area contributed by atoms with Crippen molar-refractivity contribution in [3.05, 3.63) is 29.6 Å². The van der Waals surface area contributed by atoms with Gasteiger partial charge in [0.1, 0.15) is 5.82 Å². The van der Waals surface area contributed by atoms with E-state index in [-0.39, 0.29) is 5.82 Å². The van der Waals surface area contributed by atoms with Crippen LogP contribution in [0.25, 0.3) is 0 Å². The quantitative estimate of drug-likeness (QED) is 0.909. The van der Waals surface area contributed by atoms with Crippen LogP contribution in [0.5, 0.6) is 0 Å². The number of hydrogen-bond donors (Lipinski definition) is 1. The molecule has 0 radical (unpaired) electrons. The fraction of sp³-hybridized carbons (Fsp3) is 0.533. The van der Waals surface area contributed by atoms with Gasteiger partial charge in [-0.05, 0) is 50.9 Å². The zero-order chi connectivity index (χ0) is 13.8. The van der Waals surface area contributed by atoms with Crippen molar-refractivity contribution < 1.29 is 4.39 Å². The summed E-state index contributed by atoms with van der Waals surface area (Å²) in [5, 5.41) is 12.1. The molecule has 0 heterocycles. The Kier molecular flexibility index (Phi) is 4.39. The molecule has 1 fully saturated rings. The molecular weight excluding hydrogens is 241 g/mol. The number of halogens is 1. The van der Waals surface area contributed by atoms with Crippen LogP contribution >= 0.6 is 0 Å². The Labute approximate surface area is 114 Å². The monoisotopic (exact) mass is 261 g/mol. The van der Waals surface area contributed by atoms with Gasteiger partial charge in [0.05, 0.1) is 17.3 Å². The molecule has 1 saturated carbocycles. The summed E-state index contributed by atoms with van der Waals surface area (Å²) >= 11 is 0. The molecule has 4 heteroatoms. The zero-order valence-electron chi connectivity index (χ0n) is 11.5. The molecule has 19 heavy (non-hydrogen) atoms. The zero-order valence-corrected chi connectivity index (χ0v) is 11.5. The number of nitriles is 1. The van der Waals surface area contributed by atoms with Crippen molar-refractivity contribution in [1.82, 2.24) is 5.32 Å². The molecule has 0 amide bonds. The van der Waals surface area contributed by atoms with Gasteiger partial charge in [-0.25, -0.2) is 4.39 Å². The van der Waals surface area contributed by atoms with Crippen molar-refractivity contribution in [1.29, 1.82) is 5.26 Å². The van der Waals surface area contributed by atoms with Crippen LogP contribution in [-0.2, 0) is 0 Å². The number of nitrogens with zero attached hydrogens (tertiary/aromatic N) is 2. The minimum absolute atomic E-state index is 0.308. The third-order valence-electron chi connectivity index (χ3n) is 4.11. The van der Waals surface area contributed by atoms with Crippen molar-refractivity contribution in [2.75, 3.05) is 19.0 Å². The summed E-state index contributed by atoms with van der Waals surface area (Å²) in [4.78, 5) is 2.02. The molecule has 1 aromatic rings. The number of benzene rings is 1. The molecule has 1 aliphatic carbocycles. The lowest BCUT2D eigenvalue weighted by Gasteiger charge is -2.36. The Morgan fingerprint density at radius 3 is 2.53 bits per heavy atom. The standard InChI is InChI=1S/C15H20FN3/c1-18-12-4-6-13(7-5-12)19(2)15-8-3-11(10-17)9-14(15)16/h3,8-9,12-13,18H,4-7H2,1-2H3. The van der Waals surface area contributed by atoms with E-state index < -0.39 is 0 Å². The highest BCUT2D eigenvalue weighted by Crippen LogP contribution is 2.28. The maximum Gasteiger partial charge on any atom is 0.147 e. The van der Waals surface area contributed by atoms with Gasteiger partial charge in [0.15, 0.2) is 0 Å².